The number of carbonyl (C=O) groups is 1. The van der Waals surface area contributed by atoms with Gasteiger partial charge in [0.15, 0.2) is 6.61 Å². The molecule has 0 aromatic heterocycles. The number of amides is 1. The lowest BCUT2D eigenvalue weighted by molar-refractivity contribution is -0.118. The quantitative estimate of drug-likeness (QED) is 0.882. The number of hydrogen-bond donors (Lipinski definition) is 1. The molecule has 0 aliphatic carbocycles. The largest absolute Gasteiger partial charge is 0.484 e. The zero-order valence-corrected chi connectivity index (χ0v) is 13.2. The number of carbonyl (C=O) groups excluding carboxylic acids is 1. The third kappa shape index (κ3) is 4.25. The molecule has 104 valence electrons. The molecule has 20 heavy (non-hydrogen) atoms. The molecular weight excluding hydrogens is 342 g/mol. The van der Waals surface area contributed by atoms with E-state index in [4.69, 9.17) is 16.3 Å². The van der Waals surface area contributed by atoms with Crippen molar-refractivity contribution in [2.75, 3.05) is 11.9 Å². The maximum absolute atomic E-state index is 11.8. The lowest BCUT2D eigenvalue weighted by atomic mass is 10.2. The van der Waals surface area contributed by atoms with E-state index in [9.17, 15) is 4.79 Å². The van der Waals surface area contributed by atoms with Crippen LogP contribution in [0.3, 0.4) is 0 Å². The Morgan fingerprint density at radius 2 is 2.10 bits per heavy atom. The number of anilines is 1. The first-order valence-electron chi connectivity index (χ1n) is 5.99. The van der Waals surface area contributed by atoms with Crippen molar-refractivity contribution in [1.82, 2.24) is 0 Å². The van der Waals surface area contributed by atoms with Crippen LogP contribution in [0.4, 0.5) is 5.69 Å². The molecule has 0 unspecified atom stereocenters. The smallest absolute Gasteiger partial charge is 0.262 e. The van der Waals surface area contributed by atoms with E-state index >= 15 is 0 Å². The van der Waals surface area contributed by atoms with Crippen LogP contribution in [-0.2, 0) is 4.79 Å². The number of hydrogen-bond acceptors (Lipinski definition) is 2. The highest BCUT2D eigenvalue weighted by atomic mass is 79.9. The second kappa shape index (κ2) is 6.77. The summed E-state index contributed by atoms with van der Waals surface area (Å²) in [4.78, 5) is 11.8. The molecule has 0 aliphatic heterocycles. The molecule has 0 aliphatic rings. The van der Waals surface area contributed by atoms with E-state index in [-0.39, 0.29) is 12.5 Å². The highest BCUT2D eigenvalue weighted by Gasteiger charge is 2.05. The van der Waals surface area contributed by atoms with E-state index < -0.39 is 0 Å². The first kappa shape index (κ1) is 14.9. The van der Waals surface area contributed by atoms with Gasteiger partial charge in [-0.3, -0.25) is 4.79 Å². The Morgan fingerprint density at radius 3 is 2.80 bits per heavy atom. The number of halogens is 2. The van der Waals surface area contributed by atoms with Crippen LogP contribution in [0.2, 0.25) is 5.02 Å². The van der Waals surface area contributed by atoms with Crippen molar-refractivity contribution < 1.29 is 9.53 Å². The summed E-state index contributed by atoms with van der Waals surface area (Å²) in [5, 5.41) is 3.36. The minimum Gasteiger partial charge on any atom is -0.484 e. The van der Waals surface area contributed by atoms with Gasteiger partial charge in [-0.25, -0.2) is 0 Å². The summed E-state index contributed by atoms with van der Waals surface area (Å²) in [5.41, 5.74) is 1.62. The third-order valence-corrected chi connectivity index (χ3v) is 3.52. The molecule has 0 spiro atoms. The number of benzene rings is 2. The molecule has 2 aromatic rings. The lowest BCUT2D eigenvalue weighted by Gasteiger charge is -2.08. The molecule has 1 amide bonds. The van der Waals surface area contributed by atoms with Crippen LogP contribution < -0.4 is 10.1 Å². The van der Waals surface area contributed by atoms with Crippen molar-refractivity contribution in [2.24, 2.45) is 0 Å². The molecule has 0 saturated heterocycles. The molecule has 0 fully saturated rings. The number of nitrogens with one attached hydrogen (secondary N) is 1. The van der Waals surface area contributed by atoms with Crippen molar-refractivity contribution in [1.29, 1.82) is 0 Å². The number of rotatable bonds is 4. The van der Waals surface area contributed by atoms with Gasteiger partial charge >= 0.3 is 0 Å². The molecule has 2 rings (SSSR count). The standard InChI is InChI=1S/C15H13BrClNO2/c1-10-5-6-12(8-14(10)17)18-15(19)9-20-13-4-2-3-11(16)7-13/h2-8H,9H2,1H3,(H,18,19). The molecule has 1 N–H and O–H groups in total. The minimum atomic E-state index is -0.232. The zero-order valence-electron chi connectivity index (χ0n) is 10.8. The molecule has 0 heterocycles. The minimum absolute atomic E-state index is 0.0536. The normalized spacial score (nSPS) is 10.2. The zero-order chi connectivity index (χ0) is 14.5. The second-order valence-electron chi connectivity index (χ2n) is 4.26. The van der Waals surface area contributed by atoms with Gasteiger partial charge in [0, 0.05) is 15.2 Å². The monoisotopic (exact) mass is 353 g/mol. The van der Waals surface area contributed by atoms with Gasteiger partial charge in [0.25, 0.3) is 5.91 Å². The fraction of sp³-hybridized carbons (Fsp3) is 0.133. The van der Waals surface area contributed by atoms with Gasteiger partial charge < -0.3 is 10.1 Å². The van der Waals surface area contributed by atoms with Crippen molar-refractivity contribution in [3.8, 4) is 5.75 Å². The molecular formula is C15H13BrClNO2. The number of aryl methyl sites for hydroxylation is 1. The average molecular weight is 355 g/mol. The Kier molecular flexibility index (Phi) is 5.04. The SMILES string of the molecule is Cc1ccc(NC(=O)COc2cccc(Br)c2)cc1Cl. The summed E-state index contributed by atoms with van der Waals surface area (Å²) in [6.45, 7) is 1.85. The van der Waals surface area contributed by atoms with E-state index in [1.165, 1.54) is 0 Å². The van der Waals surface area contributed by atoms with E-state index in [0.29, 0.717) is 16.5 Å². The second-order valence-corrected chi connectivity index (χ2v) is 5.58. The average Bonchev–Trinajstić information content (AvgIpc) is 2.41. The Labute approximate surface area is 131 Å². The Balaban J connectivity index is 1.91. The van der Waals surface area contributed by atoms with Crippen LogP contribution in [0.15, 0.2) is 46.9 Å². The number of ether oxygens (including phenoxy) is 1. The lowest BCUT2D eigenvalue weighted by Crippen LogP contribution is -2.20. The topological polar surface area (TPSA) is 38.3 Å². The maximum Gasteiger partial charge on any atom is 0.262 e. The maximum atomic E-state index is 11.8. The van der Waals surface area contributed by atoms with Gasteiger partial charge in [-0.15, -0.1) is 0 Å². The van der Waals surface area contributed by atoms with E-state index in [1.807, 2.05) is 25.1 Å². The van der Waals surface area contributed by atoms with Gasteiger partial charge in [-0.1, -0.05) is 39.7 Å². The van der Waals surface area contributed by atoms with Gasteiger partial charge in [-0.2, -0.15) is 0 Å². The summed E-state index contributed by atoms with van der Waals surface area (Å²) in [7, 11) is 0. The van der Waals surface area contributed by atoms with Crippen LogP contribution in [0, 0.1) is 6.92 Å². The van der Waals surface area contributed by atoms with E-state index in [0.717, 1.165) is 10.0 Å². The van der Waals surface area contributed by atoms with Crippen LogP contribution >= 0.6 is 27.5 Å². The Bertz CT molecular complexity index is 631. The van der Waals surface area contributed by atoms with Crippen LogP contribution in [0.5, 0.6) is 5.75 Å². The molecule has 0 bridgehead atoms. The van der Waals surface area contributed by atoms with Crippen LogP contribution in [-0.4, -0.2) is 12.5 Å². The molecule has 3 nitrogen and oxygen atoms in total. The Hall–Kier alpha value is -1.52. The van der Waals surface area contributed by atoms with Crippen molar-refractivity contribution in [2.45, 2.75) is 6.92 Å². The van der Waals surface area contributed by atoms with Crippen LogP contribution in [0.25, 0.3) is 0 Å². The molecule has 2 aromatic carbocycles. The molecule has 0 saturated carbocycles. The first-order chi connectivity index (χ1) is 9.54. The highest BCUT2D eigenvalue weighted by Crippen LogP contribution is 2.20. The van der Waals surface area contributed by atoms with Gasteiger partial charge in [0.2, 0.25) is 0 Å². The Morgan fingerprint density at radius 1 is 1.30 bits per heavy atom. The predicted molar refractivity (Wildman–Crippen MR) is 84.5 cm³/mol. The van der Waals surface area contributed by atoms with Crippen molar-refractivity contribution in [3.63, 3.8) is 0 Å². The summed E-state index contributed by atoms with van der Waals surface area (Å²) in [5.74, 6) is 0.404. The van der Waals surface area contributed by atoms with E-state index in [1.54, 1.807) is 24.3 Å². The molecule has 0 radical (unpaired) electrons. The summed E-state index contributed by atoms with van der Waals surface area (Å²) in [6.07, 6.45) is 0. The van der Waals surface area contributed by atoms with Gasteiger partial charge in [-0.05, 0) is 42.8 Å². The predicted octanol–water partition coefficient (Wildman–Crippen LogP) is 4.43. The van der Waals surface area contributed by atoms with Gasteiger partial charge in [0.05, 0.1) is 0 Å². The van der Waals surface area contributed by atoms with Crippen molar-refractivity contribution >= 4 is 39.1 Å². The summed E-state index contributed by atoms with van der Waals surface area (Å²) in [6, 6.07) is 12.7. The fourth-order valence-corrected chi connectivity index (χ4v) is 2.13. The fourth-order valence-electron chi connectivity index (χ4n) is 1.57. The van der Waals surface area contributed by atoms with Crippen molar-refractivity contribution in [3.05, 3.63) is 57.5 Å². The van der Waals surface area contributed by atoms with E-state index in [2.05, 4.69) is 21.2 Å². The van der Waals surface area contributed by atoms with Gasteiger partial charge in [0.1, 0.15) is 5.75 Å². The highest BCUT2D eigenvalue weighted by molar-refractivity contribution is 9.10. The molecule has 5 heteroatoms. The first-order valence-corrected chi connectivity index (χ1v) is 7.16. The van der Waals surface area contributed by atoms with Crippen LogP contribution in [0.1, 0.15) is 5.56 Å². The summed E-state index contributed by atoms with van der Waals surface area (Å²) >= 11 is 9.34. The summed E-state index contributed by atoms with van der Waals surface area (Å²) < 4.78 is 6.30. The third-order valence-electron chi connectivity index (χ3n) is 2.62. The molecule has 0 atom stereocenters.